The van der Waals surface area contributed by atoms with Crippen LogP contribution in [0.15, 0.2) is 48.5 Å². The highest BCUT2D eigenvalue weighted by molar-refractivity contribution is 5.77. The van der Waals surface area contributed by atoms with Crippen LogP contribution >= 0.6 is 0 Å². The predicted octanol–water partition coefficient (Wildman–Crippen LogP) is 2.90. The summed E-state index contributed by atoms with van der Waals surface area (Å²) in [5, 5.41) is 9.80. The first-order valence-corrected chi connectivity index (χ1v) is 7.79. The van der Waals surface area contributed by atoms with Gasteiger partial charge in [-0.3, -0.25) is 4.58 Å². The molecule has 22 heavy (non-hydrogen) atoms. The Bertz CT molecular complexity index is 659. The second-order valence-electron chi connectivity index (χ2n) is 6.00. The molecule has 3 heteroatoms. The fourth-order valence-corrected chi connectivity index (χ4v) is 3.14. The van der Waals surface area contributed by atoms with E-state index in [0.29, 0.717) is 0 Å². The van der Waals surface area contributed by atoms with Crippen molar-refractivity contribution in [2.75, 3.05) is 24.6 Å². The molecule has 1 unspecified atom stereocenters. The highest BCUT2D eigenvalue weighted by atomic mass is 16.3. The molecule has 0 aromatic heterocycles. The molecule has 3 nitrogen and oxygen atoms in total. The maximum absolute atomic E-state index is 9.80. The van der Waals surface area contributed by atoms with E-state index in [1.807, 2.05) is 18.2 Å². The van der Waals surface area contributed by atoms with Crippen molar-refractivity contribution < 1.29 is 9.68 Å². The monoisotopic (exact) mass is 295 g/mol. The van der Waals surface area contributed by atoms with Gasteiger partial charge in [0.2, 0.25) is 6.34 Å². The lowest BCUT2D eigenvalue weighted by Crippen LogP contribution is -2.21. The van der Waals surface area contributed by atoms with Crippen molar-refractivity contribution >= 4 is 12.0 Å². The molecule has 0 fully saturated rings. The summed E-state index contributed by atoms with van der Waals surface area (Å²) >= 11 is 0. The first kappa shape index (κ1) is 14.8. The Labute approximate surface area is 132 Å². The van der Waals surface area contributed by atoms with E-state index in [1.54, 1.807) is 0 Å². The molecule has 0 saturated heterocycles. The molecule has 3 rings (SSSR count). The minimum atomic E-state index is 0.0251. The number of anilines is 1. The largest absolute Gasteiger partial charge is 0.392 e. The standard InChI is InChI=1S/C19H23N2O/c1-15-10-16(2)12-18(11-15)20-8-9-21(14-20)19(13-22)17-6-4-3-5-7-17/h3-7,10-12,14,19,22H,8-9,13H2,1-2H3/q+1. The van der Waals surface area contributed by atoms with Crippen LogP contribution in [0, 0.1) is 13.8 Å². The van der Waals surface area contributed by atoms with Crippen LogP contribution in [0.5, 0.6) is 0 Å². The molecule has 0 radical (unpaired) electrons. The van der Waals surface area contributed by atoms with E-state index in [1.165, 1.54) is 16.8 Å². The van der Waals surface area contributed by atoms with Gasteiger partial charge in [0.15, 0.2) is 0 Å². The molecule has 0 bridgehead atoms. The summed E-state index contributed by atoms with van der Waals surface area (Å²) in [6.45, 7) is 6.26. The molecular formula is C19H23N2O+. The van der Waals surface area contributed by atoms with Crippen molar-refractivity contribution in [3.63, 3.8) is 0 Å². The molecule has 0 aliphatic carbocycles. The van der Waals surface area contributed by atoms with Crippen molar-refractivity contribution in [3.8, 4) is 0 Å². The van der Waals surface area contributed by atoms with E-state index in [-0.39, 0.29) is 12.6 Å². The van der Waals surface area contributed by atoms with Gasteiger partial charge < -0.3 is 5.11 Å². The maximum atomic E-state index is 9.80. The normalized spacial score (nSPS) is 15.8. The van der Waals surface area contributed by atoms with Crippen LogP contribution in [0.2, 0.25) is 0 Å². The van der Waals surface area contributed by atoms with Gasteiger partial charge in [0.25, 0.3) is 0 Å². The Morgan fingerprint density at radius 1 is 1.09 bits per heavy atom. The number of hydrogen-bond acceptors (Lipinski definition) is 2. The Balaban J connectivity index is 1.87. The Morgan fingerprint density at radius 2 is 1.77 bits per heavy atom. The summed E-state index contributed by atoms with van der Waals surface area (Å²) < 4.78 is 2.23. The van der Waals surface area contributed by atoms with Crippen LogP contribution in [-0.4, -0.2) is 35.7 Å². The summed E-state index contributed by atoms with van der Waals surface area (Å²) in [4.78, 5) is 2.27. The third-order valence-corrected chi connectivity index (χ3v) is 4.18. The molecule has 1 aliphatic heterocycles. The smallest absolute Gasteiger partial charge is 0.240 e. The zero-order chi connectivity index (χ0) is 15.5. The predicted molar refractivity (Wildman–Crippen MR) is 90.7 cm³/mol. The van der Waals surface area contributed by atoms with E-state index in [0.717, 1.165) is 18.7 Å². The van der Waals surface area contributed by atoms with Gasteiger partial charge in [0.05, 0.1) is 6.61 Å². The van der Waals surface area contributed by atoms with Crippen LogP contribution in [0.4, 0.5) is 5.69 Å². The lowest BCUT2D eigenvalue weighted by atomic mass is 10.1. The minimum Gasteiger partial charge on any atom is -0.392 e. The Morgan fingerprint density at radius 3 is 2.41 bits per heavy atom. The lowest BCUT2D eigenvalue weighted by molar-refractivity contribution is -0.562. The number of benzene rings is 2. The summed E-state index contributed by atoms with van der Waals surface area (Å²) in [6.07, 6.45) is 2.14. The fraction of sp³-hybridized carbons (Fsp3) is 0.316. The lowest BCUT2D eigenvalue weighted by Gasteiger charge is -2.13. The number of rotatable bonds is 4. The van der Waals surface area contributed by atoms with E-state index in [9.17, 15) is 5.11 Å². The van der Waals surface area contributed by atoms with Crippen LogP contribution in [0.25, 0.3) is 0 Å². The SMILES string of the molecule is Cc1cc(C)cc(N2C=[N+](C(CO)c3ccccc3)CC2)c1. The summed E-state index contributed by atoms with van der Waals surface area (Å²) in [5.41, 5.74) is 4.94. The molecule has 0 spiro atoms. The first-order chi connectivity index (χ1) is 10.7. The second kappa shape index (κ2) is 6.32. The number of aliphatic hydroxyl groups excluding tert-OH is 1. The summed E-state index contributed by atoms with van der Waals surface area (Å²) in [5.74, 6) is 0. The van der Waals surface area contributed by atoms with Crippen molar-refractivity contribution in [1.82, 2.24) is 0 Å². The average Bonchev–Trinajstić information content (AvgIpc) is 2.98. The van der Waals surface area contributed by atoms with Crippen molar-refractivity contribution in [3.05, 3.63) is 65.2 Å². The van der Waals surface area contributed by atoms with Crippen LogP contribution < -0.4 is 4.90 Å². The van der Waals surface area contributed by atoms with Crippen LogP contribution in [0.3, 0.4) is 0 Å². The van der Waals surface area contributed by atoms with Gasteiger partial charge in [-0.2, -0.15) is 0 Å². The molecule has 114 valence electrons. The molecule has 0 saturated carbocycles. The third-order valence-electron chi connectivity index (χ3n) is 4.18. The summed E-state index contributed by atoms with van der Waals surface area (Å²) in [7, 11) is 0. The minimum absolute atomic E-state index is 0.0251. The van der Waals surface area contributed by atoms with Gasteiger partial charge in [0, 0.05) is 0 Å². The summed E-state index contributed by atoms with van der Waals surface area (Å²) in [6, 6.07) is 16.9. The molecular weight excluding hydrogens is 272 g/mol. The fourth-order valence-electron chi connectivity index (χ4n) is 3.14. The van der Waals surface area contributed by atoms with Crippen LogP contribution in [0.1, 0.15) is 22.7 Å². The van der Waals surface area contributed by atoms with E-state index >= 15 is 0 Å². The molecule has 1 atom stereocenters. The number of hydrogen-bond donors (Lipinski definition) is 1. The highest BCUT2D eigenvalue weighted by Crippen LogP contribution is 2.22. The topological polar surface area (TPSA) is 26.5 Å². The van der Waals surface area contributed by atoms with Crippen molar-refractivity contribution in [2.24, 2.45) is 0 Å². The van der Waals surface area contributed by atoms with Crippen molar-refractivity contribution in [1.29, 1.82) is 0 Å². The van der Waals surface area contributed by atoms with Gasteiger partial charge in [-0.05, 0) is 42.7 Å². The Hall–Kier alpha value is -2.13. The van der Waals surface area contributed by atoms with E-state index < -0.39 is 0 Å². The van der Waals surface area contributed by atoms with Crippen LogP contribution in [-0.2, 0) is 0 Å². The quantitative estimate of drug-likeness (QED) is 0.878. The van der Waals surface area contributed by atoms with Gasteiger partial charge in [-0.15, -0.1) is 0 Å². The van der Waals surface area contributed by atoms with Gasteiger partial charge in [-0.25, -0.2) is 4.90 Å². The first-order valence-electron chi connectivity index (χ1n) is 7.79. The van der Waals surface area contributed by atoms with Crippen molar-refractivity contribution in [2.45, 2.75) is 19.9 Å². The zero-order valence-electron chi connectivity index (χ0n) is 13.2. The average molecular weight is 295 g/mol. The third kappa shape index (κ3) is 3.04. The second-order valence-corrected chi connectivity index (χ2v) is 6.00. The molecule has 2 aromatic rings. The molecule has 1 N–H and O–H groups in total. The van der Waals surface area contributed by atoms with Gasteiger partial charge >= 0.3 is 0 Å². The van der Waals surface area contributed by atoms with E-state index in [2.05, 4.69) is 60.0 Å². The highest BCUT2D eigenvalue weighted by Gasteiger charge is 2.27. The molecule has 1 heterocycles. The van der Waals surface area contributed by atoms with E-state index in [4.69, 9.17) is 0 Å². The Kier molecular flexibility index (Phi) is 4.25. The zero-order valence-corrected chi connectivity index (χ0v) is 13.2. The van der Waals surface area contributed by atoms with Gasteiger partial charge in [-0.1, -0.05) is 36.4 Å². The number of aryl methyl sites for hydroxylation is 2. The molecule has 2 aromatic carbocycles. The van der Waals surface area contributed by atoms with Gasteiger partial charge in [0.1, 0.15) is 24.8 Å². The maximum Gasteiger partial charge on any atom is 0.240 e. The number of nitrogens with zero attached hydrogens (tertiary/aromatic N) is 2. The molecule has 1 aliphatic rings. The molecule has 0 amide bonds. The number of aliphatic hydroxyl groups is 1.